The summed E-state index contributed by atoms with van der Waals surface area (Å²) in [5.41, 5.74) is 0. The summed E-state index contributed by atoms with van der Waals surface area (Å²) in [6.07, 6.45) is 21.7. The highest BCUT2D eigenvalue weighted by molar-refractivity contribution is 7.99. The Morgan fingerprint density at radius 1 is 0.750 bits per heavy atom. The number of unbranched alkanes of at least 4 members (excludes halogenated alkanes) is 13. The van der Waals surface area contributed by atoms with Gasteiger partial charge in [0.25, 0.3) is 0 Å². The lowest BCUT2D eigenvalue weighted by molar-refractivity contribution is -0.226. The van der Waals surface area contributed by atoms with Crippen LogP contribution in [0.1, 0.15) is 137 Å². The van der Waals surface area contributed by atoms with Crippen molar-refractivity contribution in [2.24, 2.45) is 0 Å². The molecule has 0 aliphatic heterocycles. The van der Waals surface area contributed by atoms with Gasteiger partial charge in [0.15, 0.2) is 0 Å². The fourth-order valence-electron chi connectivity index (χ4n) is 3.69. The quantitative estimate of drug-likeness (QED) is 0.0588. The van der Waals surface area contributed by atoms with Gasteiger partial charge >= 0.3 is 7.82 Å². The van der Waals surface area contributed by atoms with Gasteiger partial charge in [-0.15, -0.1) is 4.67 Å². The third-order valence-electron chi connectivity index (χ3n) is 5.50. The third kappa shape index (κ3) is 23.6. The van der Waals surface area contributed by atoms with Gasteiger partial charge in [0.05, 0.1) is 12.7 Å². The molecule has 0 saturated heterocycles. The Morgan fingerprint density at radius 2 is 1.25 bits per heavy atom. The Kier molecular flexibility index (Phi) is 23.5. The SMILES string of the molecule is CCCCCCCCCCCCSC(CCCCCCC)CCOOP(=O)(O)OC(C)C. The predicted octanol–water partition coefficient (Wildman–Crippen LogP) is 9.23. The molecule has 2 unspecified atom stereocenters. The molecule has 0 amide bonds. The van der Waals surface area contributed by atoms with Crippen LogP contribution < -0.4 is 0 Å². The number of thioether (sulfide) groups is 1. The third-order valence-corrected chi connectivity index (χ3v) is 7.94. The van der Waals surface area contributed by atoms with Gasteiger partial charge in [-0.2, -0.15) is 11.8 Å². The fourth-order valence-corrected chi connectivity index (χ4v) is 5.77. The molecule has 0 radical (unpaired) electrons. The Morgan fingerprint density at radius 3 is 1.78 bits per heavy atom. The maximum atomic E-state index is 11.7. The Hall–Kier alpha value is 0.420. The minimum absolute atomic E-state index is 0.316. The number of hydrogen-bond acceptors (Lipinski definition) is 5. The summed E-state index contributed by atoms with van der Waals surface area (Å²) in [7, 11) is -4.12. The molecule has 0 rings (SSSR count). The molecule has 0 aliphatic carbocycles. The summed E-state index contributed by atoms with van der Waals surface area (Å²) in [4.78, 5) is 14.6. The molecule has 5 nitrogen and oxygen atoms in total. The van der Waals surface area contributed by atoms with E-state index >= 15 is 0 Å². The molecule has 0 aliphatic rings. The molecule has 1 N–H and O–H groups in total. The normalized spacial score (nSPS) is 14.7. The maximum Gasteiger partial charge on any atom is 0.499 e. The number of phosphoric ester groups is 1. The van der Waals surface area contributed by atoms with Gasteiger partial charge in [-0.1, -0.05) is 104 Å². The topological polar surface area (TPSA) is 65.0 Å². The van der Waals surface area contributed by atoms with Crippen LogP contribution in [0.3, 0.4) is 0 Å². The van der Waals surface area contributed by atoms with Gasteiger partial charge in [0, 0.05) is 5.25 Å². The number of phosphoric acid groups is 1. The average Bonchev–Trinajstić information content (AvgIpc) is 2.73. The van der Waals surface area contributed by atoms with Crippen molar-refractivity contribution in [3.8, 4) is 0 Å². The molecule has 7 heteroatoms. The summed E-state index contributed by atoms with van der Waals surface area (Å²) in [6, 6.07) is 0. The second kappa shape index (κ2) is 23.2. The minimum atomic E-state index is -4.12. The van der Waals surface area contributed by atoms with E-state index in [0.717, 1.165) is 6.42 Å². The van der Waals surface area contributed by atoms with Crippen LogP contribution in [-0.2, 0) is 18.7 Å². The molecule has 0 aromatic heterocycles. The van der Waals surface area contributed by atoms with Crippen molar-refractivity contribution < 1.29 is 23.5 Å². The van der Waals surface area contributed by atoms with E-state index in [4.69, 9.17) is 9.41 Å². The highest BCUT2D eigenvalue weighted by Crippen LogP contribution is 2.44. The first kappa shape index (κ1) is 32.4. The Balaban J connectivity index is 3.97. The predicted molar refractivity (Wildman–Crippen MR) is 139 cm³/mol. The first-order valence-corrected chi connectivity index (χ1v) is 15.9. The van der Waals surface area contributed by atoms with Gasteiger partial charge in [0.2, 0.25) is 0 Å². The van der Waals surface area contributed by atoms with Crippen molar-refractivity contribution in [3.05, 3.63) is 0 Å². The van der Waals surface area contributed by atoms with E-state index in [-0.39, 0.29) is 6.10 Å². The van der Waals surface area contributed by atoms with Crippen molar-refractivity contribution >= 4 is 19.6 Å². The molecule has 0 fully saturated rings. The molecule has 0 heterocycles. The summed E-state index contributed by atoms with van der Waals surface area (Å²) in [5, 5.41) is 0.517. The summed E-state index contributed by atoms with van der Waals surface area (Å²) < 4.78 is 21.2. The van der Waals surface area contributed by atoms with E-state index in [1.807, 2.05) is 11.8 Å². The van der Waals surface area contributed by atoms with Crippen molar-refractivity contribution in [1.29, 1.82) is 0 Å². The summed E-state index contributed by atoms with van der Waals surface area (Å²) in [6.45, 7) is 8.20. The molecule has 0 bridgehead atoms. The van der Waals surface area contributed by atoms with Gasteiger partial charge < -0.3 is 4.89 Å². The molecule has 0 aromatic carbocycles. The van der Waals surface area contributed by atoms with Crippen LogP contribution in [-0.4, -0.2) is 28.6 Å². The van der Waals surface area contributed by atoms with Crippen LogP contribution in [0.2, 0.25) is 0 Å². The zero-order chi connectivity index (χ0) is 23.9. The van der Waals surface area contributed by atoms with Crippen molar-refractivity contribution in [2.75, 3.05) is 12.4 Å². The van der Waals surface area contributed by atoms with Gasteiger partial charge in [-0.05, 0) is 38.9 Å². The zero-order valence-corrected chi connectivity index (χ0v) is 23.2. The van der Waals surface area contributed by atoms with E-state index in [1.54, 1.807) is 13.8 Å². The first-order chi connectivity index (χ1) is 15.4. The molecule has 2 atom stereocenters. The van der Waals surface area contributed by atoms with Gasteiger partial charge in [-0.25, -0.2) is 9.45 Å². The molecular weight excluding hydrogens is 443 g/mol. The fraction of sp³-hybridized carbons (Fsp3) is 1.00. The Bertz CT molecular complexity index is 437. The van der Waals surface area contributed by atoms with Crippen LogP contribution in [0.4, 0.5) is 0 Å². The summed E-state index contributed by atoms with van der Waals surface area (Å²) >= 11 is 2.03. The van der Waals surface area contributed by atoms with Crippen LogP contribution in [0.5, 0.6) is 0 Å². The van der Waals surface area contributed by atoms with Crippen molar-refractivity contribution in [3.63, 3.8) is 0 Å². The Labute approximate surface area is 203 Å². The largest absolute Gasteiger partial charge is 0.499 e. The van der Waals surface area contributed by atoms with Gasteiger partial charge in [-0.3, -0.25) is 4.52 Å². The van der Waals surface area contributed by atoms with E-state index in [0.29, 0.717) is 11.9 Å². The van der Waals surface area contributed by atoms with E-state index in [2.05, 4.69) is 18.5 Å². The monoisotopic (exact) mass is 496 g/mol. The molecular formula is C25H53O5PS. The first-order valence-electron chi connectivity index (χ1n) is 13.3. The van der Waals surface area contributed by atoms with E-state index < -0.39 is 7.82 Å². The van der Waals surface area contributed by atoms with Crippen LogP contribution in [0.25, 0.3) is 0 Å². The lowest BCUT2D eigenvalue weighted by atomic mass is 10.1. The second-order valence-electron chi connectivity index (χ2n) is 9.19. The lowest BCUT2D eigenvalue weighted by Gasteiger charge is -2.17. The van der Waals surface area contributed by atoms with Crippen LogP contribution >= 0.6 is 19.6 Å². The highest BCUT2D eigenvalue weighted by atomic mass is 32.2. The minimum Gasteiger partial charge on any atom is -0.301 e. The smallest absolute Gasteiger partial charge is 0.301 e. The second-order valence-corrected chi connectivity index (χ2v) is 11.9. The molecule has 194 valence electrons. The van der Waals surface area contributed by atoms with Crippen LogP contribution in [0, 0.1) is 0 Å². The number of rotatable bonds is 25. The molecule has 0 spiro atoms. The highest BCUT2D eigenvalue weighted by Gasteiger charge is 2.24. The molecule has 0 aromatic rings. The lowest BCUT2D eigenvalue weighted by Crippen LogP contribution is -2.10. The van der Waals surface area contributed by atoms with Crippen LogP contribution in [0.15, 0.2) is 0 Å². The van der Waals surface area contributed by atoms with Gasteiger partial charge in [0.1, 0.15) is 0 Å². The average molecular weight is 497 g/mol. The zero-order valence-electron chi connectivity index (χ0n) is 21.5. The maximum absolute atomic E-state index is 11.7. The number of hydrogen-bond donors (Lipinski definition) is 1. The van der Waals surface area contributed by atoms with Crippen molar-refractivity contribution in [1.82, 2.24) is 0 Å². The summed E-state index contributed by atoms with van der Waals surface area (Å²) in [5.74, 6) is 1.19. The molecule has 32 heavy (non-hydrogen) atoms. The van der Waals surface area contributed by atoms with E-state index in [9.17, 15) is 9.46 Å². The van der Waals surface area contributed by atoms with E-state index in [1.165, 1.54) is 108 Å². The standard InChI is InChI=1S/C25H53O5PS/c1-5-7-9-11-12-13-14-15-17-19-23-32-25(20-18-16-10-8-6-2)21-22-28-30-31(26,27)29-24(3)4/h24-25H,5-23H2,1-4H3,(H,26,27). The van der Waals surface area contributed by atoms with Crippen molar-refractivity contribution in [2.45, 2.75) is 148 Å². The molecule has 0 saturated carbocycles.